The van der Waals surface area contributed by atoms with Crippen molar-refractivity contribution in [3.8, 4) is 0 Å². The van der Waals surface area contributed by atoms with Gasteiger partial charge in [-0.25, -0.2) is 4.98 Å². The van der Waals surface area contributed by atoms with Gasteiger partial charge in [0.1, 0.15) is 11.6 Å². The quantitative estimate of drug-likeness (QED) is 0.942. The molecule has 17 heavy (non-hydrogen) atoms. The smallest absolute Gasteiger partial charge is 0.134 e. The van der Waals surface area contributed by atoms with Gasteiger partial charge in [0, 0.05) is 23.3 Å². The van der Waals surface area contributed by atoms with Crippen molar-refractivity contribution >= 4 is 21.7 Å². The summed E-state index contributed by atoms with van der Waals surface area (Å²) >= 11 is 3.34. The van der Waals surface area contributed by atoms with E-state index in [0.717, 1.165) is 21.6 Å². The molecule has 0 aliphatic carbocycles. The van der Waals surface area contributed by atoms with E-state index in [-0.39, 0.29) is 6.61 Å². The van der Waals surface area contributed by atoms with Gasteiger partial charge in [0.05, 0.1) is 19.4 Å². The lowest BCUT2D eigenvalue weighted by Gasteiger charge is -2.19. The number of anilines is 1. The molecule has 0 amide bonds. The summed E-state index contributed by atoms with van der Waals surface area (Å²) in [5, 5.41) is 9.31. The van der Waals surface area contributed by atoms with E-state index in [9.17, 15) is 5.11 Å². The van der Waals surface area contributed by atoms with Gasteiger partial charge in [-0.15, -0.1) is 0 Å². The van der Waals surface area contributed by atoms with Crippen LogP contribution in [0, 0.1) is 0 Å². The molecule has 0 radical (unpaired) electrons. The Bertz CT molecular complexity index is 485. The number of aliphatic hydroxyl groups is 1. The molecular formula is C12H13BrN2O2. The number of hydrogen-bond acceptors (Lipinski definition) is 4. The summed E-state index contributed by atoms with van der Waals surface area (Å²) in [6, 6.07) is 5.63. The van der Waals surface area contributed by atoms with E-state index in [0.29, 0.717) is 6.54 Å². The second-order valence-corrected chi connectivity index (χ2v) is 4.65. The van der Waals surface area contributed by atoms with Crippen molar-refractivity contribution in [1.82, 2.24) is 4.98 Å². The van der Waals surface area contributed by atoms with Crippen molar-refractivity contribution in [3.63, 3.8) is 0 Å². The molecular weight excluding hydrogens is 284 g/mol. The number of pyridine rings is 1. The molecule has 5 heteroatoms. The Kier molecular flexibility index (Phi) is 3.81. The highest BCUT2D eigenvalue weighted by Crippen LogP contribution is 2.22. The Morgan fingerprint density at radius 2 is 2.35 bits per heavy atom. The van der Waals surface area contributed by atoms with Crippen LogP contribution in [0.5, 0.6) is 0 Å². The van der Waals surface area contributed by atoms with Gasteiger partial charge in [-0.1, -0.05) is 0 Å². The molecule has 2 rings (SSSR count). The third-order valence-electron chi connectivity index (χ3n) is 2.41. The molecule has 0 spiro atoms. The van der Waals surface area contributed by atoms with E-state index in [4.69, 9.17) is 4.42 Å². The maximum atomic E-state index is 9.31. The van der Waals surface area contributed by atoms with Crippen molar-refractivity contribution in [3.05, 3.63) is 46.5 Å². The van der Waals surface area contributed by atoms with Gasteiger partial charge in [0.2, 0.25) is 0 Å². The van der Waals surface area contributed by atoms with Crippen LogP contribution in [0.2, 0.25) is 0 Å². The molecule has 0 fully saturated rings. The molecule has 0 saturated heterocycles. The second-order valence-electron chi connectivity index (χ2n) is 3.73. The maximum Gasteiger partial charge on any atom is 0.134 e. The van der Waals surface area contributed by atoms with E-state index in [1.165, 1.54) is 0 Å². The van der Waals surface area contributed by atoms with Crippen molar-refractivity contribution in [1.29, 1.82) is 0 Å². The SMILES string of the molecule is CN(Cc1ccco1)c1ncc(Br)cc1CO. The molecule has 0 atom stereocenters. The number of aliphatic hydroxyl groups excluding tert-OH is 1. The Hall–Kier alpha value is -1.33. The van der Waals surface area contributed by atoms with Crippen LogP contribution in [0.1, 0.15) is 11.3 Å². The minimum atomic E-state index is -0.0374. The zero-order chi connectivity index (χ0) is 12.3. The predicted octanol–water partition coefficient (Wildman–Crippen LogP) is 2.57. The lowest BCUT2D eigenvalue weighted by molar-refractivity contribution is 0.281. The summed E-state index contributed by atoms with van der Waals surface area (Å²) in [4.78, 5) is 6.25. The lowest BCUT2D eigenvalue weighted by Crippen LogP contribution is -2.19. The first-order chi connectivity index (χ1) is 8.20. The van der Waals surface area contributed by atoms with Crippen LogP contribution in [0.3, 0.4) is 0 Å². The third-order valence-corrected chi connectivity index (χ3v) is 2.85. The van der Waals surface area contributed by atoms with Crippen LogP contribution in [-0.4, -0.2) is 17.1 Å². The minimum absolute atomic E-state index is 0.0374. The van der Waals surface area contributed by atoms with E-state index in [1.807, 2.05) is 30.1 Å². The van der Waals surface area contributed by atoms with Crippen molar-refractivity contribution < 1.29 is 9.52 Å². The van der Waals surface area contributed by atoms with Crippen LogP contribution in [-0.2, 0) is 13.2 Å². The summed E-state index contributed by atoms with van der Waals surface area (Å²) in [5.41, 5.74) is 0.786. The van der Waals surface area contributed by atoms with Crippen LogP contribution in [0.4, 0.5) is 5.82 Å². The number of halogens is 1. The van der Waals surface area contributed by atoms with E-state index in [1.54, 1.807) is 12.5 Å². The molecule has 1 N–H and O–H groups in total. The summed E-state index contributed by atoms with van der Waals surface area (Å²) in [6.45, 7) is 0.582. The molecule has 2 aromatic heterocycles. The summed E-state index contributed by atoms with van der Waals surface area (Å²) in [5.74, 6) is 1.62. The highest BCUT2D eigenvalue weighted by atomic mass is 79.9. The van der Waals surface area contributed by atoms with Crippen LogP contribution in [0.25, 0.3) is 0 Å². The largest absolute Gasteiger partial charge is 0.467 e. The summed E-state index contributed by atoms with van der Waals surface area (Å²) < 4.78 is 6.14. The fourth-order valence-corrected chi connectivity index (χ4v) is 2.02. The molecule has 90 valence electrons. The van der Waals surface area contributed by atoms with Crippen LogP contribution < -0.4 is 4.90 Å². The summed E-state index contributed by atoms with van der Waals surface area (Å²) in [7, 11) is 1.91. The van der Waals surface area contributed by atoms with Crippen molar-refractivity contribution in [2.24, 2.45) is 0 Å². The topological polar surface area (TPSA) is 49.5 Å². The lowest BCUT2D eigenvalue weighted by atomic mass is 10.2. The van der Waals surface area contributed by atoms with Gasteiger partial charge in [-0.05, 0) is 34.1 Å². The van der Waals surface area contributed by atoms with Gasteiger partial charge in [0.15, 0.2) is 0 Å². The fraction of sp³-hybridized carbons (Fsp3) is 0.250. The van der Waals surface area contributed by atoms with Gasteiger partial charge in [0.25, 0.3) is 0 Å². The molecule has 2 heterocycles. The predicted molar refractivity (Wildman–Crippen MR) is 68.7 cm³/mol. The first kappa shape index (κ1) is 12.1. The molecule has 4 nitrogen and oxygen atoms in total. The number of aromatic nitrogens is 1. The number of nitrogens with zero attached hydrogens (tertiary/aromatic N) is 2. The monoisotopic (exact) mass is 296 g/mol. The average Bonchev–Trinajstić information content (AvgIpc) is 2.81. The van der Waals surface area contributed by atoms with Crippen molar-refractivity contribution in [2.75, 3.05) is 11.9 Å². The Balaban J connectivity index is 2.21. The molecule has 0 aliphatic heterocycles. The van der Waals surface area contributed by atoms with Crippen LogP contribution in [0.15, 0.2) is 39.5 Å². The van der Waals surface area contributed by atoms with Crippen molar-refractivity contribution in [2.45, 2.75) is 13.2 Å². The molecule has 0 bridgehead atoms. The Labute approximate surface area is 108 Å². The van der Waals surface area contributed by atoms with E-state index < -0.39 is 0 Å². The fourth-order valence-electron chi connectivity index (χ4n) is 1.65. The summed E-state index contributed by atoms with van der Waals surface area (Å²) in [6.07, 6.45) is 3.36. The molecule has 0 saturated carbocycles. The first-order valence-corrected chi connectivity index (χ1v) is 5.99. The van der Waals surface area contributed by atoms with E-state index >= 15 is 0 Å². The number of hydrogen-bond donors (Lipinski definition) is 1. The van der Waals surface area contributed by atoms with Gasteiger partial charge < -0.3 is 14.4 Å². The molecule has 2 aromatic rings. The highest BCUT2D eigenvalue weighted by molar-refractivity contribution is 9.10. The highest BCUT2D eigenvalue weighted by Gasteiger charge is 2.10. The second kappa shape index (κ2) is 5.33. The zero-order valence-electron chi connectivity index (χ0n) is 9.43. The maximum absolute atomic E-state index is 9.31. The molecule has 0 aliphatic rings. The van der Waals surface area contributed by atoms with Crippen LogP contribution >= 0.6 is 15.9 Å². The third kappa shape index (κ3) is 2.87. The molecule has 0 unspecified atom stereocenters. The zero-order valence-corrected chi connectivity index (χ0v) is 11.0. The Morgan fingerprint density at radius 3 is 3.00 bits per heavy atom. The Morgan fingerprint density at radius 1 is 1.53 bits per heavy atom. The first-order valence-electron chi connectivity index (χ1n) is 5.19. The van der Waals surface area contributed by atoms with Gasteiger partial charge in [-0.3, -0.25) is 0 Å². The normalized spacial score (nSPS) is 10.5. The van der Waals surface area contributed by atoms with Gasteiger partial charge in [-0.2, -0.15) is 0 Å². The number of furan rings is 1. The molecule has 0 aromatic carbocycles. The average molecular weight is 297 g/mol. The standard InChI is InChI=1S/C12H13BrN2O2/c1-15(7-11-3-2-4-17-11)12-9(8-16)5-10(13)6-14-12/h2-6,16H,7-8H2,1H3. The van der Waals surface area contributed by atoms with E-state index in [2.05, 4.69) is 20.9 Å². The number of rotatable bonds is 4. The van der Waals surface area contributed by atoms with Gasteiger partial charge >= 0.3 is 0 Å². The minimum Gasteiger partial charge on any atom is -0.467 e.